The van der Waals surface area contributed by atoms with Crippen LogP contribution in [0.3, 0.4) is 0 Å². The van der Waals surface area contributed by atoms with Gasteiger partial charge in [-0.3, -0.25) is 14.2 Å². The van der Waals surface area contributed by atoms with E-state index >= 15 is 0 Å². The van der Waals surface area contributed by atoms with Gasteiger partial charge < -0.3 is 5.32 Å². The molecule has 1 amide bonds. The molecule has 0 aliphatic rings. The van der Waals surface area contributed by atoms with Crippen LogP contribution in [-0.4, -0.2) is 21.5 Å². The molecule has 2 aromatic rings. The van der Waals surface area contributed by atoms with Gasteiger partial charge in [-0.1, -0.05) is 37.0 Å². The molecule has 0 aliphatic heterocycles. The maximum atomic E-state index is 12.5. The van der Waals surface area contributed by atoms with Crippen molar-refractivity contribution in [2.75, 3.05) is 0 Å². The first-order chi connectivity index (χ1) is 11.3. The van der Waals surface area contributed by atoms with Crippen LogP contribution < -0.4 is 10.9 Å². The molecular formula is C17H21Cl2N3O2. The average molecular weight is 370 g/mol. The Balaban J connectivity index is 2.14. The highest BCUT2D eigenvalue weighted by Crippen LogP contribution is 2.23. The number of nitrogens with zero attached hydrogens (tertiary/aromatic N) is 2. The first kappa shape index (κ1) is 18.7. The highest BCUT2D eigenvalue weighted by Gasteiger charge is 2.13. The van der Waals surface area contributed by atoms with E-state index in [2.05, 4.69) is 24.1 Å². The molecule has 0 bridgehead atoms. The summed E-state index contributed by atoms with van der Waals surface area (Å²) in [5.41, 5.74) is 0.0439. The lowest BCUT2D eigenvalue weighted by Crippen LogP contribution is -2.37. The number of amides is 1. The Morgan fingerprint density at radius 1 is 1.25 bits per heavy atom. The molecule has 130 valence electrons. The number of hydrogen-bond acceptors (Lipinski definition) is 3. The highest BCUT2D eigenvalue weighted by atomic mass is 35.5. The third kappa shape index (κ3) is 4.71. The lowest BCUT2D eigenvalue weighted by atomic mass is 10.0. The van der Waals surface area contributed by atoms with Gasteiger partial charge in [0.15, 0.2) is 0 Å². The smallest absolute Gasteiger partial charge is 0.261 e. The SMILES string of the molecule is CC(C)CCC(C)NC(=O)Cn1cnc2c(Cl)cc(Cl)cc2c1=O. The standard InChI is InChI=1S/C17H21Cl2N3O2/c1-10(2)4-5-11(3)21-15(23)8-22-9-20-16-13(17(22)24)6-12(18)7-14(16)19/h6-7,9-11H,4-5,8H2,1-3H3,(H,21,23). The first-order valence-corrected chi connectivity index (χ1v) is 8.67. The fourth-order valence-corrected chi connectivity index (χ4v) is 2.98. The molecule has 0 aliphatic carbocycles. The number of benzene rings is 1. The molecule has 0 spiro atoms. The molecular weight excluding hydrogens is 349 g/mol. The lowest BCUT2D eigenvalue weighted by Gasteiger charge is -2.15. The summed E-state index contributed by atoms with van der Waals surface area (Å²) in [6.45, 7) is 6.16. The quantitative estimate of drug-likeness (QED) is 0.844. The minimum Gasteiger partial charge on any atom is -0.352 e. The Hall–Kier alpha value is -1.59. The third-order valence-electron chi connectivity index (χ3n) is 3.74. The molecule has 7 heteroatoms. The van der Waals surface area contributed by atoms with Crippen LogP contribution in [0.25, 0.3) is 10.9 Å². The number of carbonyl (C=O) groups is 1. The summed E-state index contributed by atoms with van der Waals surface area (Å²) in [5, 5.41) is 3.88. The molecule has 1 aromatic heterocycles. The van der Waals surface area contributed by atoms with E-state index in [1.165, 1.54) is 23.0 Å². The van der Waals surface area contributed by atoms with Crippen LogP contribution >= 0.6 is 23.2 Å². The Kier molecular flexibility index (Phi) is 6.24. The van der Waals surface area contributed by atoms with E-state index in [0.29, 0.717) is 26.9 Å². The van der Waals surface area contributed by atoms with Crippen molar-refractivity contribution in [3.8, 4) is 0 Å². The van der Waals surface area contributed by atoms with Crippen molar-refractivity contribution in [1.82, 2.24) is 14.9 Å². The summed E-state index contributed by atoms with van der Waals surface area (Å²) in [4.78, 5) is 28.8. The van der Waals surface area contributed by atoms with E-state index in [1.807, 2.05) is 6.92 Å². The fourth-order valence-electron chi connectivity index (χ4n) is 2.44. The van der Waals surface area contributed by atoms with Crippen molar-refractivity contribution in [1.29, 1.82) is 0 Å². The zero-order valence-corrected chi connectivity index (χ0v) is 15.5. The molecule has 1 N–H and O–H groups in total. The second kappa shape index (κ2) is 7.99. The molecule has 2 rings (SSSR count). The van der Waals surface area contributed by atoms with Crippen molar-refractivity contribution < 1.29 is 4.79 Å². The van der Waals surface area contributed by atoms with Crippen LogP contribution in [0.1, 0.15) is 33.6 Å². The van der Waals surface area contributed by atoms with Gasteiger partial charge in [0.2, 0.25) is 5.91 Å². The van der Waals surface area contributed by atoms with E-state index in [-0.39, 0.29) is 24.1 Å². The molecule has 1 aromatic carbocycles. The van der Waals surface area contributed by atoms with Crippen LogP contribution in [0.5, 0.6) is 0 Å². The van der Waals surface area contributed by atoms with Gasteiger partial charge in [0.1, 0.15) is 6.54 Å². The van der Waals surface area contributed by atoms with Crippen LogP contribution in [0, 0.1) is 5.92 Å². The summed E-state index contributed by atoms with van der Waals surface area (Å²) in [5.74, 6) is 0.369. The van der Waals surface area contributed by atoms with Crippen molar-refractivity contribution in [2.45, 2.75) is 46.2 Å². The average Bonchev–Trinajstić information content (AvgIpc) is 2.48. The first-order valence-electron chi connectivity index (χ1n) is 7.91. The van der Waals surface area contributed by atoms with Crippen LogP contribution in [0.15, 0.2) is 23.3 Å². The van der Waals surface area contributed by atoms with E-state index < -0.39 is 0 Å². The molecule has 1 unspecified atom stereocenters. The molecule has 0 saturated heterocycles. The van der Waals surface area contributed by atoms with Crippen molar-refractivity contribution >= 4 is 40.0 Å². The van der Waals surface area contributed by atoms with Crippen LogP contribution in [-0.2, 0) is 11.3 Å². The van der Waals surface area contributed by atoms with E-state index in [4.69, 9.17) is 23.2 Å². The second-order valence-electron chi connectivity index (χ2n) is 6.40. The Labute approximate surface area is 151 Å². The molecule has 0 fully saturated rings. The van der Waals surface area contributed by atoms with Gasteiger partial charge >= 0.3 is 0 Å². The van der Waals surface area contributed by atoms with Gasteiger partial charge in [-0.15, -0.1) is 0 Å². The predicted molar refractivity (Wildman–Crippen MR) is 97.7 cm³/mol. The topological polar surface area (TPSA) is 64.0 Å². The number of hydrogen-bond donors (Lipinski definition) is 1. The largest absolute Gasteiger partial charge is 0.352 e. The molecule has 1 heterocycles. The number of rotatable bonds is 6. The minimum absolute atomic E-state index is 0.0629. The highest BCUT2D eigenvalue weighted by molar-refractivity contribution is 6.38. The van der Waals surface area contributed by atoms with Gasteiger partial charge in [-0.25, -0.2) is 4.98 Å². The Morgan fingerprint density at radius 3 is 2.62 bits per heavy atom. The summed E-state index contributed by atoms with van der Waals surface area (Å²) in [6, 6.07) is 3.11. The van der Waals surface area contributed by atoms with E-state index in [0.717, 1.165) is 12.8 Å². The Morgan fingerprint density at radius 2 is 1.96 bits per heavy atom. The summed E-state index contributed by atoms with van der Waals surface area (Å²) < 4.78 is 1.26. The Bertz CT molecular complexity index is 802. The maximum Gasteiger partial charge on any atom is 0.261 e. The zero-order chi connectivity index (χ0) is 17.9. The number of halogens is 2. The monoisotopic (exact) mass is 369 g/mol. The summed E-state index contributed by atoms with van der Waals surface area (Å²) in [7, 11) is 0. The fraction of sp³-hybridized carbons (Fsp3) is 0.471. The zero-order valence-electron chi connectivity index (χ0n) is 14.0. The van der Waals surface area contributed by atoms with Crippen LogP contribution in [0.4, 0.5) is 0 Å². The number of fused-ring (bicyclic) bond motifs is 1. The molecule has 0 radical (unpaired) electrons. The lowest BCUT2D eigenvalue weighted by molar-refractivity contribution is -0.122. The molecule has 0 saturated carbocycles. The van der Waals surface area contributed by atoms with Gasteiger partial charge in [-0.05, 0) is 37.8 Å². The van der Waals surface area contributed by atoms with E-state index in [9.17, 15) is 9.59 Å². The second-order valence-corrected chi connectivity index (χ2v) is 7.24. The number of nitrogens with one attached hydrogen (secondary N) is 1. The molecule has 5 nitrogen and oxygen atoms in total. The van der Waals surface area contributed by atoms with Crippen molar-refractivity contribution in [2.24, 2.45) is 5.92 Å². The van der Waals surface area contributed by atoms with Gasteiger partial charge in [0.25, 0.3) is 5.56 Å². The molecule has 1 atom stereocenters. The molecule has 24 heavy (non-hydrogen) atoms. The maximum absolute atomic E-state index is 12.5. The van der Waals surface area contributed by atoms with Crippen molar-refractivity contribution in [3.63, 3.8) is 0 Å². The van der Waals surface area contributed by atoms with Gasteiger partial charge in [0, 0.05) is 11.1 Å². The third-order valence-corrected chi connectivity index (χ3v) is 4.25. The number of carbonyl (C=O) groups excluding carboxylic acids is 1. The number of aromatic nitrogens is 2. The van der Waals surface area contributed by atoms with Crippen LogP contribution in [0.2, 0.25) is 10.0 Å². The minimum atomic E-state index is -0.339. The normalized spacial score (nSPS) is 12.6. The predicted octanol–water partition coefficient (Wildman–Crippen LogP) is 3.64. The van der Waals surface area contributed by atoms with E-state index in [1.54, 1.807) is 0 Å². The summed E-state index contributed by atoms with van der Waals surface area (Å²) >= 11 is 12.0. The van der Waals surface area contributed by atoms with Gasteiger partial charge in [-0.2, -0.15) is 0 Å². The van der Waals surface area contributed by atoms with Crippen molar-refractivity contribution in [3.05, 3.63) is 38.9 Å². The van der Waals surface area contributed by atoms with Gasteiger partial charge in [0.05, 0.1) is 22.3 Å². The summed E-state index contributed by atoms with van der Waals surface area (Å²) in [6.07, 6.45) is 3.28.